The van der Waals surface area contributed by atoms with Gasteiger partial charge in [0.25, 0.3) is 5.91 Å². The highest BCUT2D eigenvalue weighted by Crippen LogP contribution is 2.18. The number of benzene rings is 2. The van der Waals surface area contributed by atoms with Gasteiger partial charge in [-0.3, -0.25) is 9.59 Å². The second-order valence-corrected chi connectivity index (χ2v) is 5.88. The zero-order chi connectivity index (χ0) is 17.4. The van der Waals surface area contributed by atoms with Crippen molar-refractivity contribution in [3.63, 3.8) is 0 Å². The van der Waals surface area contributed by atoms with Crippen molar-refractivity contribution in [2.75, 3.05) is 6.61 Å². The Morgan fingerprint density at radius 3 is 2.04 bits per heavy atom. The molecule has 0 saturated carbocycles. The lowest BCUT2D eigenvalue weighted by atomic mass is 9.98. The Morgan fingerprint density at radius 1 is 0.917 bits per heavy atom. The third kappa shape index (κ3) is 5.54. The molecule has 0 heterocycles. The van der Waals surface area contributed by atoms with Crippen LogP contribution in [-0.2, 0) is 14.3 Å². The fraction of sp³-hybridized carbons (Fsp3) is 0.300. The van der Waals surface area contributed by atoms with Gasteiger partial charge in [0.05, 0.1) is 12.5 Å². The SMILES string of the molecule is C[C@H](CC(=O)OCC(=O)N[C@H](C)c1ccccc1)c1ccccc1. The molecule has 0 aromatic heterocycles. The number of nitrogens with one attached hydrogen (secondary N) is 1. The topological polar surface area (TPSA) is 55.4 Å². The highest BCUT2D eigenvalue weighted by atomic mass is 16.5. The van der Waals surface area contributed by atoms with Crippen molar-refractivity contribution in [2.24, 2.45) is 0 Å². The summed E-state index contributed by atoms with van der Waals surface area (Å²) >= 11 is 0. The monoisotopic (exact) mass is 325 g/mol. The lowest BCUT2D eigenvalue weighted by Crippen LogP contribution is -2.31. The van der Waals surface area contributed by atoms with Crippen LogP contribution in [0.25, 0.3) is 0 Å². The van der Waals surface area contributed by atoms with Crippen molar-refractivity contribution in [1.29, 1.82) is 0 Å². The third-order valence-electron chi connectivity index (χ3n) is 3.88. The first-order valence-electron chi connectivity index (χ1n) is 8.11. The van der Waals surface area contributed by atoms with E-state index in [1.807, 2.05) is 74.5 Å². The molecule has 0 aliphatic carbocycles. The summed E-state index contributed by atoms with van der Waals surface area (Å²) in [5, 5.41) is 2.82. The maximum absolute atomic E-state index is 11.9. The fourth-order valence-corrected chi connectivity index (χ4v) is 2.46. The number of amides is 1. The van der Waals surface area contributed by atoms with Crippen LogP contribution in [-0.4, -0.2) is 18.5 Å². The summed E-state index contributed by atoms with van der Waals surface area (Å²) in [5.74, 6) is -0.606. The number of carbonyl (C=O) groups is 2. The maximum Gasteiger partial charge on any atom is 0.306 e. The molecule has 4 heteroatoms. The van der Waals surface area contributed by atoms with Crippen molar-refractivity contribution in [3.8, 4) is 0 Å². The number of rotatable bonds is 7. The van der Waals surface area contributed by atoms with E-state index in [4.69, 9.17) is 4.74 Å². The van der Waals surface area contributed by atoms with Crippen LogP contribution in [0, 0.1) is 0 Å². The first kappa shape index (κ1) is 17.7. The lowest BCUT2D eigenvalue weighted by Gasteiger charge is -2.15. The molecule has 4 nitrogen and oxygen atoms in total. The first-order valence-corrected chi connectivity index (χ1v) is 8.11. The largest absolute Gasteiger partial charge is 0.456 e. The first-order chi connectivity index (χ1) is 11.6. The van der Waals surface area contributed by atoms with E-state index in [1.165, 1.54) is 0 Å². The van der Waals surface area contributed by atoms with Crippen molar-refractivity contribution in [1.82, 2.24) is 5.32 Å². The van der Waals surface area contributed by atoms with Crippen LogP contribution in [0.5, 0.6) is 0 Å². The normalized spacial score (nSPS) is 12.9. The molecule has 0 bridgehead atoms. The van der Waals surface area contributed by atoms with Crippen molar-refractivity contribution in [3.05, 3.63) is 71.8 Å². The quantitative estimate of drug-likeness (QED) is 0.791. The van der Waals surface area contributed by atoms with Crippen LogP contribution in [0.15, 0.2) is 60.7 Å². The molecular formula is C20H23NO3. The summed E-state index contributed by atoms with van der Waals surface area (Å²) in [6.07, 6.45) is 0.255. The molecule has 0 unspecified atom stereocenters. The third-order valence-corrected chi connectivity index (χ3v) is 3.88. The molecule has 126 valence electrons. The van der Waals surface area contributed by atoms with Crippen LogP contribution < -0.4 is 5.32 Å². The molecule has 2 aromatic rings. The molecule has 1 N–H and O–H groups in total. The predicted molar refractivity (Wildman–Crippen MR) is 93.4 cm³/mol. The molecule has 2 rings (SSSR count). The van der Waals surface area contributed by atoms with Crippen molar-refractivity contribution >= 4 is 11.9 Å². The van der Waals surface area contributed by atoms with Gasteiger partial charge in [0.2, 0.25) is 0 Å². The van der Waals surface area contributed by atoms with Crippen LogP contribution in [0.2, 0.25) is 0 Å². The van der Waals surface area contributed by atoms with Crippen LogP contribution in [0.1, 0.15) is 43.4 Å². The van der Waals surface area contributed by atoms with Gasteiger partial charge in [-0.1, -0.05) is 67.6 Å². The number of esters is 1. The van der Waals surface area contributed by atoms with Gasteiger partial charge in [-0.2, -0.15) is 0 Å². The van der Waals surface area contributed by atoms with Gasteiger partial charge in [-0.15, -0.1) is 0 Å². The maximum atomic E-state index is 11.9. The second-order valence-electron chi connectivity index (χ2n) is 5.88. The summed E-state index contributed by atoms with van der Waals surface area (Å²) in [4.78, 5) is 23.8. The van der Waals surface area contributed by atoms with Gasteiger partial charge in [0, 0.05) is 0 Å². The summed E-state index contributed by atoms with van der Waals surface area (Å²) < 4.78 is 5.08. The van der Waals surface area contributed by atoms with E-state index in [0.29, 0.717) is 0 Å². The van der Waals surface area contributed by atoms with Gasteiger partial charge < -0.3 is 10.1 Å². The van der Waals surface area contributed by atoms with E-state index in [2.05, 4.69) is 5.32 Å². The second kappa shape index (κ2) is 8.87. The van der Waals surface area contributed by atoms with E-state index < -0.39 is 0 Å². The summed E-state index contributed by atoms with van der Waals surface area (Å²) in [7, 11) is 0. The van der Waals surface area contributed by atoms with Crippen LogP contribution in [0.4, 0.5) is 0 Å². The van der Waals surface area contributed by atoms with E-state index >= 15 is 0 Å². The Kier molecular flexibility index (Phi) is 6.55. The van der Waals surface area contributed by atoms with E-state index in [0.717, 1.165) is 11.1 Å². The minimum Gasteiger partial charge on any atom is -0.456 e. The summed E-state index contributed by atoms with van der Waals surface area (Å²) in [6.45, 7) is 3.61. The summed E-state index contributed by atoms with van der Waals surface area (Å²) in [5.41, 5.74) is 2.09. The Morgan fingerprint density at radius 2 is 1.46 bits per heavy atom. The van der Waals surface area contributed by atoms with Crippen LogP contribution in [0.3, 0.4) is 0 Å². The van der Waals surface area contributed by atoms with E-state index in [9.17, 15) is 9.59 Å². The minimum atomic E-state index is -0.367. The zero-order valence-electron chi connectivity index (χ0n) is 14.1. The smallest absolute Gasteiger partial charge is 0.306 e. The van der Waals surface area contributed by atoms with Gasteiger partial charge in [-0.05, 0) is 24.0 Å². The lowest BCUT2D eigenvalue weighted by molar-refractivity contribution is -0.149. The number of hydrogen-bond acceptors (Lipinski definition) is 3. The Hall–Kier alpha value is -2.62. The molecule has 0 aliphatic rings. The Labute approximate surface area is 142 Å². The highest BCUT2D eigenvalue weighted by molar-refractivity contribution is 5.81. The number of carbonyl (C=O) groups excluding carboxylic acids is 2. The standard InChI is InChI=1S/C20H23NO3/c1-15(17-9-5-3-6-10-17)13-20(23)24-14-19(22)21-16(2)18-11-7-4-8-12-18/h3-12,15-16H,13-14H2,1-2H3,(H,21,22)/t15-,16-/m1/s1. The van der Waals surface area contributed by atoms with Gasteiger partial charge in [0.1, 0.15) is 0 Å². The molecule has 0 fully saturated rings. The van der Waals surface area contributed by atoms with Gasteiger partial charge in [-0.25, -0.2) is 0 Å². The Bertz CT molecular complexity index is 596. The van der Waals surface area contributed by atoms with Crippen LogP contribution >= 0.6 is 0 Å². The molecule has 0 aliphatic heterocycles. The van der Waals surface area contributed by atoms with Gasteiger partial charge in [0.15, 0.2) is 6.61 Å². The fourth-order valence-electron chi connectivity index (χ4n) is 2.46. The molecular weight excluding hydrogens is 302 g/mol. The van der Waals surface area contributed by atoms with E-state index in [-0.39, 0.29) is 36.9 Å². The molecule has 1 amide bonds. The van der Waals surface area contributed by atoms with Crippen molar-refractivity contribution < 1.29 is 14.3 Å². The van der Waals surface area contributed by atoms with Crippen molar-refractivity contribution in [2.45, 2.75) is 32.2 Å². The predicted octanol–water partition coefficient (Wildman–Crippen LogP) is 3.60. The van der Waals surface area contributed by atoms with Gasteiger partial charge >= 0.3 is 5.97 Å². The molecule has 2 aromatic carbocycles. The Balaban J connectivity index is 1.74. The van der Waals surface area contributed by atoms with E-state index in [1.54, 1.807) is 0 Å². The molecule has 0 saturated heterocycles. The average molecular weight is 325 g/mol. The molecule has 24 heavy (non-hydrogen) atoms. The number of hydrogen-bond donors (Lipinski definition) is 1. The molecule has 0 radical (unpaired) electrons. The zero-order valence-corrected chi connectivity index (χ0v) is 14.1. The number of ether oxygens (including phenoxy) is 1. The summed E-state index contributed by atoms with van der Waals surface area (Å²) in [6, 6.07) is 19.3. The molecule has 2 atom stereocenters. The average Bonchev–Trinajstić information content (AvgIpc) is 2.61. The molecule has 0 spiro atoms. The highest BCUT2D eigenvalue weighted by Gasteiger charge is 2.15. The minimum absolute atomic E-state index is 0.0602.